The third-order valence-corrected chi connectivity index (χ3v) is 3.97. The lowest BCUT2D eigenvalue weighted by Crippen LogP contribution is -2.11. The Labute approximate surface area is 145 Å². The first-order valence-corrected chi connectivity index (χ1v) is 7.84. The Hall–Kier alpha value is -2.46. The van der Waals surface area contributed by atoms with Gasteiger partial charge < -0.3 is 4.90 Å². The molecule has 0 fully saturated rings. The van der Waals surface area contributed by atoms with Crippen molar-refractivity contribution in [2.45, 2.75) is 0 Å². The van der Waals surface area contributed by atoms with Crippen molar-refractivity contribution in [2.24, 2.45) is 4.99 Å². The highest BCUT2D eigenvalue weighted by atomic mass is 35.5. The second kappa shape index (κ2) is 6.57. The van der Waals surface area contributed by atoms with Gasteiger partial charge >= 0.3 is 0 Å². The number of carbonyl (C=O) groups excluding carboxylic acids is 1. The lowest BCUT2D eigenvalue weighted by molar-refractivity contribution is 0.103. The normalized spacial score (nSPS) is 15.3. The molecule has 0 saturated heterocycles. The van der Waals surface area contributed by atoms with Crippen LogP contribution in [-0.2, 0) is 0 Å². The first-order chi connectivity index (χ1) is 11.5. The standard InChI is InChI=1S/C19H16ClFN2O/c1-23(2)11-14-10-22-9-13-7-12(3-5-17(13)19(14)24)16-6-4-15(20)8-18(16)21/h3-9,11H,10H2,1-2H3. The zero-order valence-corrected chi connectivity index (χ0v) is 14.1. The van der Waals surface area contributed by atoms with Crippen molar-refractivity contribution >= 4 is 23.6 Å². The maximum Gasteiger partial charge on any atom is 0.192 e. The van der Waals surface area contributed by atoms with Crippen LogP contribution in [0.15, 0.2) is 53.2 Å². The first-order valence-electron chi connectivity index (χ1n) is 7.47. The van der Waals surface area contributed by atoms with E-state index in [1.165, 1.54) is 6.07 Å². The van der Waals surface area contributed by atoms with Crippen molar-refractivity contribution in [3.05, 3.63) is 70.1 Å². The maximum absolute atomic E-state index is 14.1. The molecule has 1 aliphatic rings. The summed E-state index contributed by atoms with van der Waals surface area (Å²) in [6.07, 6.45) is 3.45. The van der Waals surface area contributed by atoms with Crippen LogP contribution in [0.5, 0.6) is 0 Å². The molecule has 3 nitrogen and oxygen atoms in total. The number of rotatable bonds is 2. The topological polar surface area (TPSA) is 32.7 Å². The zero-order valence-electron chi connectivity index (χ0n) is 13.4. The molecule has 0 amide bonds. The predicted molar refractivity (Wildman–Crippen MR) is 95.4 cm³/mol. The fourth-order valence-corrected chi connectivity index (χ4v) is 2.82. The highest BCUT2D eigenvalue weighted by molar-refractivity contribution is 6.30. The van der Waals surface area contributed by atoms with Crippen LogP contribution < -0.4 is 0 Å². The monoisotopic (exact) mass is 342 g/mol. The van der Waals surface area contributed by atoms with Crippen molar-refractivity contribution < 1.29 is 9.18 Å². The molecule has 0 atom stereocenters. The molecule has 5 heteroatoms. The van der Waals surface area contributed by atoms with Crippen LogP contribution in [0.4, 0.5) is 4.39 Å². The number of fused-ring (bicyclic) bond motifs is 1. The Morgan fingerprint density at radius 3 is 2.62 bits per heavy atom. The quantitative estimate of drug-likeness (QED) is 0.766. The Kier molecular flexibility index (Phi) is 4.49. The summed E-state index contributed by atoms with van der Waals surface area (Å²) in [5.74, 6) is -0.452. The van der Waals surface area contributed by atoms with Gasteiger partial charge in [-0.2, -0.15) is 0 Å². The number of carbonyl (C=O) groups is 1. The number of aliphatic imine (C=N–C) groups is 1. The van der Waals surface area contributed by atoms with E-state index in [0.29, 0.717) is 39.4 Å². The van der Waals surface area contributed by atoms with Gasteiger partial charge in [-0.25, -0.2) is 4.39 Å². The summed E-state index contributed by atoms with van der Waals surface area (Å²) in [6, 6.07) is 9.80. The van der Waals surface area contributed by atoms with Crippen molar-refractivity contribution in [1.29, 1.82) is 0 Å². The van der Waals surface area contributed by atoms with Gasteiger partial charge in [0, 0.05) is 53.8 Å². The van der Waals surface area contributed by atoms with Crippen LogP contribution in [0, 0.1) is 5.82 Å². The second-order valence-electron chi connectivity index (χ2n) is 5.84. The molecule has 0 radical (unpaired) electrons. The molecule has 0 saturated carbocycles. The summed E-state index contributed by atoms with van der Waals surface area (Å²) in [5, 5.41) is 0.348. The number of halogens is 2. The molecule has 2 aromatic rings. The summed E-state index contributed by atoms with van der Waals surface area (Å²) < 4.78 is 14.1. The first kappa shape index (κ1) is 16.4. The SMILES string of the molecule is CN(C)C=C1CN=Cc2cc(-c3ccc(Cl)cc3F)ccc2C1=O. The Morgan fingerprint density at radius 2 is 1.92 bits per heavy atom. The van der Waals surface area contributed by atoms with E-state index in [9.17, 15) is 9.18 Å². The molecular formula is C19H16ClFN2O. The van der Waals surface area contributed by atoms with E-state index < -0.39 is 5.82 Å². The minimum Gasteiger partial charge on any atom is -0.383 e. The van der Waals surface area contributed by atoms with E-state index >= 15 is 0 Å². The summed E-state index contributed by atoms with van der Waals surface area (Å²) in [7, 11) is 3.73. The maximum atomic E-state index is 14.1. The number of hydrogen-bond donors (Lipinski definition) is 0. The fourth-order valence-electron chi connectivity index (χ4n) is 2.67. The summed E-state index contributed by atoms with van der Waals surface area (Å²) in [4.78, 5) is 18.8. The molecule has 2 aromatic carbocycles. The molecule has 0 N–H and O–H groups in total. The highest BCUT2D eigenvalue weighted by Gasteiger charge is 2.19. The lowest BCUT2D eigenvalue weighted by atomic mass is 9.95. The van der Waals surface area contributed by atoms with Gasteiger partial charge in [0.2, 0.25) is 0 Å². The number of ketones is 1. The third-order valence-electron chi connectivity index (χ3n) is 3.74. The minimum absolute atomic E-state index is 0.0562. The van der Waals surface area contributed by atoms with Gasteiger partial charge in [-0.05, 0) is 35.9 Å². The van der Waals surface area contributed by atoms with Gasteiger partial charge in [-0.15, -0.1) is 0 Å². The van der Waals surface area contributed by atoms with Crippen molar-refractivity contribution in [3.8, 4) is 11.1 Å². The van der Waals surface area contributed by atoms with E-state index in [0.717, 1.165) is 0 Å². The Balaban J connectivity index is 2.06. The van der Waals surface area contributed by atoms with Crippen LogP contribution in [0.25, 0.3) is 11.1 Å². The van der Waals surface area contributed by atoms with Gasteiger partial charge in [0.25, 0.3) is 0 Å². The van der Waals surface area contributed by atoms with Crippen LogP contribution in [0.1, 0.15) is 15.9 Å². The molecule has 0 aliphatic carbocycles. The predicted octanol–water partition coefficient (Wildman–Crippen LogP) is 4.21. The fraction of sp³-hybridized carbons (Fsp3) is 0.158. The zero-order chi connectivity index (χ0) is 17.3. The van der Waals surface area contributed by atoms with Crippen molar-refractivity contribution in [1.82, 2.24) is 4.90 Å². The van der Waals surface area contributed by atoms with Crippen LogP contribution in [0.3, 0.4) is 0 Å². The molecule has 24 heavy (non-hydrogen) atoms. The van der Waals surface area contributed by atoms with Gasteiger partial charge in [0.1, 0.15) is 5.82 Å². The number of Topliss-reactive ketones (excluding diaryl/α,β-unsaturated/α-hetero) is 1. The van der Waals surface area contributed by atoms with E-state index in [1.54, 1.807) is 42.7 Å². The molecular weight excluding hydrogens is 327 g/mol. The molecule has 1 heterocycles. The van der Waals surface area contributed by atoms with Crippen LogP contribution >= 0.6 is 11.6 Å². The average Bonchev–Trinajstić information content (AvgIpc) is 2.66. The van der Waals surface area contributed by atoms with Crippen LogP contribution in [-0.4, -0.2) is 37.5 Å². The van der Waals surface area contributed by atoms with Gasteiger partial charge in [-0.3, -0.25) is 9.79 Å². The van der Waals surface area contributed by atoms with E-state index in [-0.39, 0.29) is 5.78 Å². The molecule has 0 spiro atoms. The smallest absolute Gasteiger partial charge is 0.192 e. The Morgan fingerprint density at radius 1 is 1.17 bits per heavy atom. The summed E-state index contributed by atoms with van der Waals surface area (Å²) >= 11 is 5.80. The molecule has 122 valence electrons. The molecule has 3 rings (SSSR count). The Bertz CT molecular complexity index is 872. The molecule has 0 bridgehead atoms. The second-order valence-corrected chi connectivity index (χ2v) is 6.28. The molecule has 0 aromatic heterocycles. The minimum atomic E-state index is -0.396. The van der Waals surface area contributed by atoms with E-state index in [4.69, 9.17) is 11.6 Å². The molecule has 0 unspecified atom stereocenters. The molecule has 1 aliphatic heterocycles. The largest absolute Gasteiger partial charge is 0.383 e. The van der Waals surface area contributed by atoms with Gasteiger partial charge in [0.05, 0.1) is 6.54 Å². The highest BCUT2D eigenvalue weighted by Crippen LogP contribution is 2.28. The number of benzene rings is 2. The third kappa shape index (κ3) is 3.24. The summed E-state index contributed by atoms with van der Waals surface area (Å²) in [6.45, 7) is 0.330. The van der Waals surface area contributed by atoms with Crippen molar-refractivity contribution in [3.63, 3.8) is 0 Å². The van der Waals surface area contributed by atoms with Crippen LogP contribution in [0.2, 0.25) is 5.02 Å². The van der Waals surface area contributed by atoms with Crippen molar-refractivity contribution in [2.75, 3.05) is 20.6 Å². The lowest BCUT2D eigenvalue weighted by Gasteiger charge is -2.10. The average molecular weight is 343 g/mol. The summed E-state index contributed by atoms with van der Waals surface area (Å²) in [5.41, 5.74) is 3.01. The number of hydrogen-bond acceptors (Lipinski definition) is 3. The van der Waals surface area contributed by atoms with E-state index in [2.05, 4.69) is 4.99 Å². The van der Waals surface area contributed by atoms with E-state index in [1.807, 2.05) is 19.0 Å². The van der Waals surface area contributed by atoms with Gasteiger partial charge in [-0.1, -0.05) is 17.7 Å². The van der Waals surface area contributed by atoms with Gasteiger partial charge in [0.15, 0.2) is 5.78 Å². The number of nitrogens with zero attached hydrogens (tertiary/aromatic N) is 2.